The molecule has 0 aliphatic carbocycles. The van der Waals surface area contributed by atoms with Gasteiger partial charge in [0.05, 0.1) is 36.8 Å². The van der Waals surface area contributed by atoms with E-state index in [-0.39, 0.29) is 10.4 Å². The number of likely N-dealkylation sites (N-methyl/N-ethyl adjacent to an activating group) is 1. The van der Waals surface area contributed by atoms with Gasteiger partial charge in [0, 0.05) is 29.4 Å². The van der Waals surface area contributed by atoms with Gasteiger partial charge in [-0.3, -0.25) is 19.0 Å². The number of methoxy groups -OCH3 is 2. The minimum atomic E-state index is -0.880. The standard InChI is InChI=1S/C32H28N4O5S/c1-5-35-23-14-10-9-13-21(23)26(30(35)38)28-31(39)36-27(22-16-15-20(40-3)17-24(22)41-4)25(18(2)33-32(36)42-28)29(37)34-19-11-7-6-8-12-19/h6-17,27H,5H2,1-4H3,(H,34,37)/b28-26+/t27-/m1/s1. The van der Waals surface area contributed by atoms with Crippen LogP contribution >= 0.6 is 11.3 Å². The third-order valence-corrected chi connectivity index (χ3v) is 8.53. The van der Waals surface area contributed by atoms with Crippen molar-refractivity contribution >= 4 is 40.1 Å². The van der Waals surface area contributed by atoms with Gasteiger partial charge >= 0.3 is 0 Å². The van der Waals surface area contributed by atoms with Crippen LogP contribution < -0.4 is 34.6 Å². The number of anilines is 2. The first-order chi connectivity index (χ1) is 20.4. The second-order valence-electron chi connectivity index (χ2n) is 9.77. The summed E-state index contributed by atoms with van der Waals surface area (Å²) in [4.78, 5) is 48.7. The number of allylic oxidation sites excluding steroid dienone is 1. The number of carbonyl (C=O) groups is 2. The number of ether oxygens (including phenoxy) is 2. The Labute approximate surface area is 245 Å². The van der Waals surface area contributed by atoms with Crippen molar-refractivity contribution in [3.8, 4) is 11.5 Å². The predicted molar refractivity (Wildman–Crippen MR) is 162 cm³/mol. The smallest absolute Gasteiger partial charge is 0.271 e. The highest BCUT2D eigenvalue weighted by atomic mass is 32.1. The molecular formula is C32H28N4O5S. The number of fused-ring (bicyclic) bond motifs is 2. The van der Waals surface area contributed by atoms with Crippen LogP contribution in [0.2, 0.25) is 0 Å². The largest absolute Gasteiger partial charge is 0.497 e. The molecule has 2 amide bonds. The molecule has 0 unspecified atom stereocenters. The van der Waals surface area contributed by atoms with Crippen LogP contribution in [0.15, 0.2) is 93.9 Å². The molecule has 3 heterocycles. The molecule has 1 N–H and O–H groups in total. The molecule has 6 rings (SSSR count). The molecule has 10 heteroatoms. The number of hydrogen-bond donors (Lipinski definition) is 1. The predicted octanol–water partition coefficient (Wildman–Crippen LogP) is 3.63. The highest BCUT2D eigenvalue weighted by Crippen LogP contribution is 2.38. The lowest BCUT2D eigenvalue weighted by atomic mass is 9.94. The summed E-state index contributed by atoms with van der Waals surface area (Å²) in [5.74, 6) is 0.369. The van der Waals surface area contributed by atoms with Gasteiger partial charge < -0.3 is 19.7 Å². The fourth-order valence-electron chi connectivity index (χ4n) is 5.53. The number of benzene rings is 3. The molecule has 2 aliphatic rings. The van der Waals surface area contributed by atoms with Crippen LogP contribution in [-0.4, -0.2) is 37.1 Å². The summed E-state index contributed by atoms with van der Waals surface area (Å²) in [6.45, 7) is 4.11. The van der Waals surface area contributed by atoms with Gasteiger partial charge in [-0.2, -0.15) is 0 Å². The van der Waals surface area contributed by atoms with Gasteiger partial charge in [-0.05, 0) is 44.2 Å². The Hall–Kier alpha value is -4.96. The molecule has 3 aromatic carbocycles. The number of rotatable bonds is 6. The van der Waals surface area contributed by atoms with E-state index in [1.807, 2.05) is 49.4 Å². The van der Waals surface area contributed by atoms with Gasteiger partial charge in [-0.25, -0.2) is 4.99 Å². The molecule has 0 fully saturated rings. The van der Waals surface area contributed by atoms with Crippen LogP contribution in [0.4, 0.5) is 11.4 Å². The Morgan fingerprint density at radius 2 is 1.74 bits per heavy atom. The fraction of sp³-hybridized carbons (Fsp3) is 0.188. The Balaban J connectivity index is 1.62. The number of thiazole rings is 1. The summed E-state index contributed by atoms with van der Waals surface area (Å²) in [5.41, 5.74) is 3.33. The lowest BCUT2D eigenvalue weighted by molar-refractivity contribution is -0.114. The molecular weight excluding hydrogens is 552 g/mol. The van der Waals surface area contributed by atoms with E-state index in [9.17, 15) is 14.4 Å². The second-order valence-corrected chi connectivity index (χ2v) is 10.7. The Bertz CT molecular complexity index is 1960. The van der Waals surface area contributed by atoms with Crippen LogP contribution in [0.1, 0.15) is 31.0 Å². The monoisotopic (exact) mass is 580 g/mol. The molecule has 9 nitrogen and oxygen atoms in total. The van der Waals surface area contributed by atoms with E-state index in [1.54, 1.807) is 49.3 Å². The molecule has 2 aliphatic heterocycles. The van der Waals surface area contributed by atoms with Gasteiger partial charge in [0.2, 0.25) is 0 Å². The zero-order chi connectivity index (χ0) is 29.5. The first-order valence-corrected chi connectivity index (χ1v) is 14.2. The summed E-state index contributed by atoms with van der Waals surface area (Å²) < 4.78 is 12.9. The first-order valence-electron chi connectivity index (χ1n) is 13.4. The molecule has 4 aromatic rings. The topological polar surface area (TPSA) is 102 Å². The zero-order valence-electron chi connectivity index (χ0n) is 23.5. The SMILES string of the molecule is CCN1C(=O)/C(=c2/sc3n(c2=O)[C@H](c2ccc(OC)cc2OC)C(C(=O)Nc2ccccc2)=C(C)N=3)c2ccccc21. The average Bonchev–Trinajstić information content (AvgIpc) is 3.47. The van der Waals surface area contributed by atoms with E-state index in [0.29, 0.717) is 56.5 Å². The zero-order valence-corrected chi connectivity index (χ0v) is 24.3. The number of carbonyl (C=O) groups excluding carboxylic acids is 2. The van der Waals surface area contributed by atoms with Crippen LogP contribution in [-0.2, 0) is 9.59 Å². The first kappa shape index (κ1) is 27.2. The number of para-hydroxylation sites is 2. The number of nitrogens with one attached hydrogen (secondary N) is 1. The van der Waals surface area contributed by atoms with Crippen LogP contribution in [0.25, 0.3) is 5.57 Å². The summed E-state index contributed by atoms with van der Waals surface area (Å²) in [7, 11) is 3.08. The van der Waals surface area contributed by atoms with Gasteiger partial charge in [-0.15, -0.1) is 0 Å². The maximum atomic E-state index is 14.4. The lowest BCUT2D eigenvalue weighted by Gasteiger charge is -2.26. The lowest BCUT2D eigenvalue weighted by Crippen LogP contribution is -2.41. The highest BCUT2D eigenvalue weighted by Gasteiger charge is 2.37. The molecule has 1 atom stereocenters. The van der Waals surface area contributed by atoms with E-state index >= 15 is 0 Å². The highest BCUT2D eigenvalue weighted by molar-refractivity contribution is 7.07. The number of nitrogens with zero attached hydrogens (tertiary/aromatic N) is 3. The number of aromatic nitrogens is 1. The van der Waals surface area contributed by atoms with Crippen molar-refractivity contribution in [1.29, 1.82) is 0 Å². The van der Waals surface area contributed by atoms with Crippen molar-refractivity contribution in [2.45, 2.75) is 19.9 Å². The normalized spacial score (nSPS) is 17.0. The Kier molecular flexibility index (Phi) is 6.99. The molecule has 42 heavy (non-hydrogen) atoms. The van der Waals surface area contributed by atoms with Crippen molar-refractivity contribution in [3.63, 3.8) is 0 Å². The van der Waals surface area contributed by atoms with E-state index in [4.69, 9.17) is 14.5 Å². The maximum Gasteiger partial charge on any atom is 0.271 e. The second kappa shape index (κ2) is 10.8. The Morgan fingerprint density at radius 3 is 2.45 bits per heavy atom. The van der Waals surface area contributed by atoms with Crippen molar-refractivity contribution in [3.05, 3.63) is 115 Å². The molecule has 1 aromatic heterocycles. The molecule has 0 saturated heterocycles. The summed E-state index contributed by atoms with van der Waals surface area (Å²) in [6, 6.07) is 20.9. The minimum Gasteiger partial charge on any atom is -0.497 e. The van der Waals surface area contributed by atoms with Gasteiger partial charge in [-0.1, -0.05) is 47.7 Å². The molecule has 0 spiro atoms. The molecule has 0 bridgehead atoms. The van der Waals surface area contributed by atoms with E-state index in [0.717, 1.165) is 17.0 Å². The summed E-state index contributed by atoms with van der Waals surface area (Å²) in [5, 5.41) is 2.95. The number of hydrogen-bond acceptors (Lipinski definition) is 7. The third kappa shape index (κ3) is 4.31. The minimum absolute atomic E-state index is 0.236. The molecule has 212 valence electrons. The fourth-order valence-corrected chi connectivity index (χ4v) is 6.67. The van der Waals surface area contributed by atoms with Gasteiger partial charge in [0.1, 0.15) is 22.1 Å². The van der Waals surface area contributed by atoms with Crippen molar-refractivity contribution in [2.75, 3.05) is 31.0 Å². The van der Waals surface area contributed by atoms with Gasteiger partial charge in [0.15, 0.2) is 4.80 Å². The maximum absolute atomic E-state index is 14.4. The molecule has 0 saturated carbocycles. The van der Waals surface area contributed by atoms with Crippen LogP contribution in [0.3, 0.4) is 0 Å². The van der Waals surface area contributed by atoms with Crippen LogP contribution in [0.5, 0.6) is 11.5 Å². The van der Waals surface area contributed by atoms with Gasteiger partial charge in [0.25, 0.3) is 17.4 Å². The Morgan fingerprint density at radius 1 is 1.00 bits per heavy atom. The van der Waals surface area contributed by atoms with Crippen molar-refractivity contribution < 1.29 is 19.1 Å². The summed E-state index contributed by atoms with van der Waals surface area (Å²) >= 11 is 1.15. The van der Waals surface area contributed by atoms with Crippen molar-refractivity contribution in [2.24, 2.45) is 4.99 Å². The van der Waals surface area contributed by atoms with Crippen molar-refractivity contribution in [1.82, 2.24) is 4.57 Å². The summed E-state index contributed by atoms with van der Waals surface area (Å²) in [6.07, 6.45) is 0. The van der Waals surface area contributed by atoms with E-state index < -0.39 is 17.5 Å². The molecule has 0 radical (unpaired) electrons. The quantitative estimate of drug-likeness (QED) is 0.375. The van der Waals surface area contributed by atoms with E-state index in [1.165, 1.54) is 11.7 Å². The average molecular weight is 581 g/mol. The number of amides is 2. The van der Waals surface area contributed by atoms with Crippen LogP contribution in [0, 0.1) is 0 Å². The third-order valence-electron chi connectivity index (χ3n) is 7.48. The van der Waals surface area contributed by atoms with E-state index in [2.05, 4.69) is 5.32 Å².